The number of carbonyl (C=O) groups is 5. The zero-order chi connectivity index (χ0) is 18.7. The summed E-state index contributed by atoms with van der Waals surface area (Å²) in [6, 6.07) is -2.45. The van der Waals surface area contributed by atoms with Gasteiger partial charge in [0.15, 0.2) is 0 Å². The van der Waals surface area contributed by atoms with Crippen LogP contribution in [0.3, 0.4) is 0 Å². The number of aliphatic carboxylic acids is 1. The van der Waals surface area contributed by atoms with Gasteiger partial charge in [-0.1, -0.05) is 0 Å². The van der Waals surface area contributed by atoms with Crippen molar-refractivity contribution in [2.75, 3.05) is 18.8 Å². The van der Waals surface area contributed by atoms with Gasteiger partial charge in [0.05, 0.1) is 13.1 Å². The summed E-state index contributed by atoms with van der Waals surface area (Å²) in [5.74, 6) is -4.16. The minimum absolute atomic E-state index is 0.107. The van der Waals surface area contributed by atoms with Gasteiger partial charge in [0, 0.05) is 12.2 Å². The lowest BCUT2D eigenvalue weighted by Gasteiger charge is -2.20. The molecule has 0 spiro atoms. The number of hydrogen-bond acceptors (Lipinski definition) is 7. The number of rotatable bonds is 11. The number of carbonyl (C=O) groups excluding carboxylic acids is 4. The molecule has 0 saturated heterocycles. The highest BCUT2D eigenvalue weighted by atomic mass is 32.1. The highest BCUT2D eigenvalue weighted by Crippen LogP contribution is 1.99. The van der Waals surface area contributed by atoms with Gasteiger partial charge in [0.25, 0.3) is 0 Å². The van der Waals surface area contributed by atoms with Crippen molar-refractivity contribution in [1.82, 2.24) is 16.0 Å². The molecule has 0 bridgehead atoms. The number of carboxylic acid groups (broad SMARTS) is 1. The number of carboxylic acids is 1. The molecule has 11 nitrogen and oxygen atoms in total. The van der Waals surface area contributed by atoms with Gasteiger partial charge in [-0.2, -0.15) is 12.6 Å². The molecule has 2 atom stereocenters. The Kier molecular flexibility index (Phi) is 10.1. The zero-order valence-corrected chi connectivity index (χ0v) is 13.7. The lowest BCUT2D eigenvalue weighted by Crippen LogP contribution is -2.54. The van der Waals surface area contributed by atoms with E-state index < -0.39 is 48.2 Å². The van der Waals surface area contributed by atoms with Crippen molar-refractivity contribution in [2.45, 2.75) is 24.9 Å². The molecule has 24 heavy (non-hydrogen) atoms. The van der Waals surface area contributed by atoms with Crippen LogP contribution >= 0.6 is 12.6 Å². The van der Waals surface area contributed by atoms with Crippen LogP contribution in [-0.4, -0.2) is 65.6 Å². The number of amides is 4. The first-order chi connectivity index (χ1) is 11.2. The van der Waals surface area contributed by atoms with Crippen molar-refractivity contribution >= 4 is 42.2 Å². The molecule has 0 aromatic rings. The van der Waals surface area contributed by atoms with Gasteiger partial charge in [0.2, 0.25) is 23.6 Å². The summed E-state index contributed by atoms with van der Waals surface area (Å²) >= 11 is 3.91. The maximum absolute atomic E-state index is 12.0. The summed E-state index contributed by atoms with van der Waals surface area (Å²) in [4.78, 5) is 56.3. The fraction of sp³-hybridized carbons (Fsp3) is 0.583. The quantitative estimate of drug-likeness (QED) is 0.183. The van der Waals surface area contributed by atoms with E-state index in [9.17, 15) is 24.0 Å². The predicted molar refractivity (Wildman–Crippen MR) is 85.8 cm³/mol. The molecule has 2 unspecified atom stereocenters. The first-order valence-electron chi connectivity index (χ1n) is 6.89. The molecular formula is C12H21N5O6S. The van der Waals surface area contributed by atoms with Crippen molar-refractivity contribution in [3.05, 3.63) is 0 Å². The van der Waals surface area contributed by atoms with Crippen LogP contribution in [-0.2, 0) is 24.0 Å². The molecule has 12 heteroatoms. The van der Waals surface area contributed by atoms with E-state index in [2.05, 4.69) is 28.6 Å². The van der Waals surface area contributed by atoms with Crippen molar-refractivity contribution in [3.8, 4) is 0 Å². The maximum atomic E-state index is 12.0. The number of nitrogens with two attached hydrogens (primary N) is 2. The largest absolute Gasteiger partial charge is 0.480 e. The SMILES string of the molecule is NCC(=O)NCC(=O)NC(CS)C(=O)NC(CCC(N)=O)C(=O)O. The lowest BCUT2D eigenvalue weighted by atomic mass is 10.1. The van der Waals surface area contributed by atoms with E-state index in [4.69, 9.17) is 16.6 Å². The molecule has 0 fully saturated rings. The second kappa shape index (κ2) is 11.2. The van der Waals surface area contributed by atoms with Gasteiger partial charge in [-0.25, -0.2) is 4.79 Å². The molecule has 0 aliphatic carbocycles. The molecule has 136 valence electrons. The molecule has 8 N–H and O–H groups in total. The van der Waals surface area contributed by atoms with Gasteiger partial charge in [-0.3, -0.25) is 19.2 Å². The van der Waals surface area contributed by atoms with E-state index >= 15 is 0 Å². The number of thiol groups is 1. The Balaban J connectivity index is 4.59. The van der Waals surface area contributed by atoms with Crippen molar-refractivity contribution < 1.29 is 29.1 Å². The number of hydrogen-bond donors (Lipinski definition) is 7. The van der Waals surface area contributed by atoms with Crippen molar-refractivity contribution in [1.29, 1.82) is 0 Å². The first kappa shape index (κ1) is 21.7. The topological polar surface area (TPSA) is 194 Å². The maximum Gasteiger partial charge on any atom is 0.326 e. The molecule has 0 aromatic carbocycles. The summed E-state index contributed by atoms with van der Waals surface area (Å²) in [7, 11) is 0. The summed E-state index contributed by atoms with van der Waals surface area (Å²) in [6.45, 7) is -0.679. The van der Waals surface area contributed by atoms with E-state index in [1.165, 1.54) is 0 Å². The Bertz CT molecular complexity index is 500. The second-order valence-corrected chi connectivity index (χ2v) is 5.05. The van der Waals surface area contributed by atoms with Crippen LogP contribution in [0.1, 0.15) is 12.8 Å². The molecule has 0 heterocycles. The van der Waals surface area contributed by atoms with Crippen LogP contribution < -0.4 is 27.4 Å². The molecule has 0 aliphatic rings. The van der Waals surface area contributed by atoms with E-state index in [1.54, 1.807) is 0 Å². The Morgan fingerprint density at radius 1 is 1.04 bits per heavy atom. The molecule has 4 amide bonds. The first-order valence-corrected chi connectivity index (χ1v) is 7.53. The average molecular weight is 363 g/mol. The van der Waals surface area contributed by atoms with Crippen LogP contribution in [0, 0.1) is 0 Å². The predicted octanol–water partition coefficient (Wildman–Crippen LogP) is -3.69. The highest BCUT2D eigenvalue weighted by Gasteiger charge is 2.26. The molecule has 0 saturated carbocycles. The normalized spacial score (nSPS) is 12.6. The molecular weight excluding hydrogens is 342 g/mol. The Morgan fingerprint density at radius 2 is 1.67 bits per heavy atom. The molecule has 0 aliphatic heterocycles. The van der Waals surface area contributed by atoms with E-state index in [1.807, 2.05) is 0 Å². The van der Waals surface area contributed by atoms with Gasteiger partial charge in [0.1, 0.15) is 12.1 Å². The van der Waals surface area contributed by atoms with Crippen LogP contribution in [0.2, 0.25) is 0 Å². The molecule has 0 aromatic heterocycles. The van der Waals surface area contributed by atoms with E-state index in [0.29, 0.717) is 0 Å². The van der Waals surface area contributed by atoms with Gasteiger partial charge >= 0.3 is 5.97 Å². The van der Waals surface area contributed by atoms with Crippen LogP contribution in [0.4, 0.5) is 0 Å². The average Bonchev–Trinajstić information content (AvgIpc) is 2.53. The number of primary amides is 1. The summed E-state index contributed by atoms with van der Waals surface area (Å²) in [6.07, 6.45) is -0.406. The molecule has 0 rings (SSSR count). The van der Waals surface area contributed by atoms with Crippen molar-refractivity contribution in [2.24, 2.45) is 11.5 Å². The monoisotopic (exact) mass is 363 g/mol. The van der Waals surface area contributed by atoms with E-state index in [0.717, 1.165) is 0 Å². The lowest BCUT2D eigenvalue weighted by molar-refractivity contribution is -0.142. The van der Waals surface area contributed by atoms with Crippen LogP contribution in [0.15, 0.2) is 0 Å². The highest BCUT2D eigenvalue weighted by molar-refractivity contribution is 7.80. The third-order valence-corrected chi connectivity index (χ3v) is 3.12. The minimum Gasteiger partial charge on any atom is -0.480 e. The Hall–Kier alpha value is -2.34. The fourth-order valence-corrected chi connectivity index (χ4v) is 1.76. The van der Waals surface area contributed by atoms with Crippen LogP contribution in [0.5, 0.6) is 0 Å². The fourth-order valence-electron chi connectivity index (χ4n) is 1.51. The van der Waals surface area contributed by atoms with Crippen molar-refractivity contribution in [3.63, 3.8) is 0 Å². The smallest absolute Gasteiger partial charge is 0.326 e. The summed E-state index contributed by atoms with van der Waals surface area (Å²) in [5, 5.41) is 15.7. The van der Waals surface area contributed by atoms with Gasteiger partial charge in [-0.15, -0.1) is 0 Å². The van der Waals surface area contributed by atoms with Crippen LogP contribution in [0.25, 0.3) is 0 Å². The van der Waals surface area contributed by atoms with Gasteiger partial charge in [-0.05, 0) is 6.42 Å². The molecule has 0 radical (unpaired) electrons. The zero-order valence-electron chi connectivity index (χ0n) is 12.8. The second-order valence-electron chi connectivity index (χ2n) is 4.69. The number of nitrogens with one attached hydrogen (secondary N) is 3. The third kappa shape index (κ3) is 8.95. The third-order valence-electron chi connectivity index (χ3n) is 2.76. The summed E-state index contributed by atoms with van der Waals surface area (Å²) < 4.78 is 0. The standard InChI is InChI=1S/C12H21N5O6S/c13-3-9(19)15-4-10(20)16-7(5-24)11(21)17-6(12(22)23)1-2-8(14)18/h6-7,24H,1-5,13H2,(H2,14,18)(H,15,19)(H,16,20)(H,17,21)(H,22,23). The van der Waals surface area contributed by atoms with E-state index in [-0.39, 0.29) is 25.1 Å². The Labute approximate surface area is 143 Å². The van der Waals surface area contributed by atoms with Gasteiger partial charge < -0.3 is 32.5 Å². The Morgan fingerprint density at radius 3 is 2.12 bits per heavy atom. The minimum atomic E-state index is -1.34. The summed E-state index contributed by atoms with van der Waals surface area (Å²) in [5.41, 5.74) is 9.99.